The Bertz CT molecular complexity index is 452. The van der Waals surface area contributed by atoms with Crippen molar-refractivity contribution in [2.45, 2.75) is 77.2 Å². The first-order valence-corrected chi connectivity index (χ1v) is 8.67. The summed E-state index contributed by atoms with van der Waals surface area (Å²) >= 11 is 0. The Hall–Kier alpha value is -1.07. The van der Waals surface area contributed by atoms with E-state index < -0.39 is 23.5 Å². The van der Waals surface area contributed by atoms with Gasteiger partial charge in [-0.05, 0) is 51.0 Å². The molecule has 0 radical (unpaired) electrons. The van der Waals surface area contributed by atoms with E-state index in [0.717, 1.165) is 25.7 Å². The fourth-order valence-corrected chi connectivity index (χ4v) is 3.58. The van der Waals surface area contributed by atoms with Crippen LogP contribution in [0.1, 0.15) is 59.8 Å². The van der Waals surface area contributed by atoms with Crippen LogP contribution in [0.15, 0.2) is 12.2 Å². The van der Waals surface area contributed by atoms with Gasteiger partial charge in [-0.1, -0.05) is 26.8 Å². The highest BCUT2D eigenvalue weighted by atomic mass is 16.6. The van der Waals surface area contributed by atoms with Crippen molar-refractivity contribution < 1.29 is 19.4 Å². The molecular formula is C18H31NO4. The van der Waals surface area contributed by atoms with E-state index in [1.54, 1.807) is 4.90 Å². The summed E-state index contributed by atoms with van der Waals surface area (Å²) in [4.78, 5) is 14.5. The summed E-state index contributed by atoms with van der Waals surface area (Å²) < 4.78 is 11.5. The molecule has 1 aliphatic carbocycles. The first kappa shape index (κ1) is 18.3. The lowest BCUT2D eigenvalue weighted by Gasteiger charge is -2.43. The van der Waals surface area contributed by atoms with Crippen molar-refractivity contribution in [1.29, 1.82) is 0 Å². The molecular weight excluding hydrogens is 294 g/mol. The SMILES string of the molecule is C=C(C(C)C)C(O)COC(=O)N1C(C)(C)COC12CCCCC2. The predicted molar refractivity (Wildman–Crippen MR) is 89.0 cm³/mol. The molecule has 1 atom stereocenters. The summed E-state index contributed by atoms with van der Waals surface area (Å²) in [6.07, 6.45) is 3.79. The Balaban J connectivity index is 2.04. The number of rotatable bonds is 4. The largest absolute Gasteiger partial charge is 0.446 e. The predicted octanol–water partition coefficient (Wildman–Crippen LogP) is 3.47. The lowest BCUT2D eigenvalue weighted by molar-refractivity contribution is -0.105. The zero-order valence-electron chi connectivity index (χ0n) is 14.9. The van der Waals surface area contributed by atoms with E-state index in [9.17, 15) is 9.90 Å². The van der Waals surface area contributed by atoms with Crippen molar-refractivity contribution in [3.8, 4) is 0 Å². The summed E-state index contributed by atoms with van der Waals surface area (Å²) in [6.45, 7) is 12.2. The maximum absolute atomic E-state index is 12.7. The first-order valence-electron chi connectivity index (χ1n) is 8.67. The summed E-state index contributed by atoms with van der Waals surface area (Å²) in [5.41, 5.74) is -0.241. The number of carbonyl (C=O) groups excluding carboxylic acids is 1. The minimum absolute atomic E-state index is 0.0570. The standard InChI is InChI=1S/C18H31NO4/c1-13(2)14(3)15(20)11-22-16(21)19-17(4,5)12-23-18(19)9-7-6-8-10-18/h13,15,20H,3,6-12H2,1-2,4-5H3. The summed E-state index contributed by atoms with van der Waals surface area (Å²) in [5, 5.41) is 10.1. The molecule has 2 aliphatic rings. The van der Waals surface area contributed by atoms with Gasteiger partial charge < -0.3 is 14.6 Å². The highest BCUT2D eigenvalue weighted by Gasteiger charge is 2.55. The lowest BCUT2D eigenvalue weighted by Crippen LogP contribution is -2.56. The molecule has 1 unspecified atom stereocenters. The molecule has 1 N–H and O–H groups in total. The van der Waals surface area contributed by atoms with Crippen LogP contribution in [0.4, 0.5) is 4.79 Å². The van der Waals surface area contributed by atoms with Crippen LogP contribution in [0.25, 0.3) is 0 Å². The van der Waals surface area contributed by atoms with Gasteiger partial charge in [0.25, 0.3) is 0 Å². The average molecular weight is 325 g/mol. The number of hydrogen-bond acceptors (Lipinski definition) is 4. The molecule has 1 spiro atoms. The van der Waals surface area contributed by atoms with Crippen LogP contribution in [0, 0.1) is 5.92 Å². The monoisotopic (exact) mass is 325 g/mol. The molecule has 2 rings (SSSR count). The maximum atomic E-state index is 12.7. The summed E-state index contributed by atoms with van der Waals surface area (Å²) in [7, 11) is 0. The molecule has 1 heterocycles. The molecule has 132 valence electrons. The van der Waals surface area contributed by atoms with E-state index in [1.807, 2.05) is 27.7 Å². The maximum Gasteiger partial charge on any atom is 0.412 e. The van der Waals surface area contributed by atoms with E-state index >= 15 is 0 Å². The molecule has 23 heavy (non-hydrogen) atoms. The van der Waals surface area contributed by atoms with Gasteiger partial charge in [0.2, 0.25) is 0 Å². The third-order valence-corrected chi connectivity index (χ3v) is 5.06. The first-order chi connectivity index (χ1) is 10.7. The van der Waals surface area contributed by atoms with Crippen LogP contribution in [0.3, 0.4) is 0 Å². The summed E-state index contributed by atoms with van der Waals surface area (Å²) in [5.74, 6) is 0.153. The summed E-state index contributed by atoms with van der Waals surface area (Å²) in [6, 6.07) is 0. The molecule has 0 aromatic rings. The second-order valence-electron chi connectivity index (χ2n) is 7.77. The number of hydrogen-bond donors (Lipinski definition) is 1. The van der Waals surface area contributed by atoms with Crippen molar-refractivity contribution in [1.82, 2.24) is 4.90 Å². The zero-order valence-corrected chi connectivity index (χ0v) is 14.9. The van der Waals surface area contributed by atoms with Crippen LogP contribution in [0.2, 0.25) is 0 Å². The fraction of sp³-hybridized carbons (Fsp3) is 0.833. The lowest BCUT2D eigenvalue weighted by atomic mass is 9.89. The quantitative estimate of drug-likeness (QED) is 0.804. The average Bonchev–Trinajstić information content (AvgIpc) is 2.75. The van der Waals surface area contributed by atoms with Crippen LogP contribution in [-0.4, -0.2) is 46.7 Å². The third-order valence-electron chi connectivity index (χ3n) is 5.06. The number of ether oxygens (including phenoxy) is 2. The van der Waals surface area contributed by atoms with Crippen molar-refractivity contribution >= 4 is 6.09 Å². The van der Waals surface area contributed by atoms with Gasteiger partial charge in [-0.25, -0.2) is 4.79 Å². The van der Waals surface area contributed by atoms with Gasteiger partial charge >= 0.3 is 6.09 Å². The van der Waals surface area contributed by atoms with Gasteiger partial charge in [0.1, 0.15) is 18.4 Å². The van der Waals surface area contributed by atoms with Gasteiger partial charge in [-0.2, -0.15) is 0 Å². The van der Waals surface area contributed by atoms with E-state index in [-0.39, 0.29) is 12.5 Å². The molecule has 2 fully saturated rings. The Morgan fingerprint density at radius 2 is 1.91 bits per heavy atom. The Kier molecular flexibility index (Phi) is 5.41. The van der Waals surface area contributed by atoms with Crippen molar-refractivity contribution in [2.24, 2.45) is 5.92 Å². The molecule has 1 saturated carbocycles. The van der Waals surface area contributed by atoms with Crippen LogP contribution in [-0.2, 0) is 9.47 Å². The smallest absolute Gasteiger partial charge is 0.412 e. The van der Waals surface area contributed by atoms with Crippen molar-refractivity contribution in [3.05, 3.63) is 12.2 Å². The van der Waals surface area contributed by atoms with Gasteiger partial charge in [0.05, 0.1) is 12.1 Å². The zero-order chi connectivity index (χ0) is 17.3. The molecule has 1 aliphatic heterocycles. The number of aliphatic hydroxyl groups excluding tert-OH is 1. The molecule has 5 heteroatoms. The van der Waals surface area contributed by atoms with Crippen molar-refractivity contribution in [3.63, 3.8) is 0 Å². The van der Waals surface area contributed by atoms with E-state index in [1.165, 1.54) is 6.42 Å². The molecule has 1 saturated heterocycles. The number of aliphatic hydroxyl groups is 1. The fourth-order valence-electron chi connectivity index (χ4n) is 3.58. The second-order valence-corrected chi connectivity index (χ2v) is 7.77. The van der Waals surface area contributed by atoms with Gasteiger partial charge in [-0.15, -0.1) is 0 Å². The van der Waals surface area contributed by atoms with Crippen molar-refractivity contribution in [2.75, 3.05) is 13.2 Å². The number of amides is 1. The second kappa shape index (κ2) is 6.81. The van der Waals surface area contributed by atoms with E-state index in [2.05, 4.69) is 6.58 Å². The van der Waals surface area contributed by atoms with Gasteiger partial charge in [0.15, 0.2) is 0 Å². The van der Waals surface area contributed by atoms with Gasteiger partial charge in [-0.3, -0.25) is 4.90 Å². The van der Waals surface area contributed by atoms with E-state index in [4.69, 9.17) is 9.47 Å². The van der Waals surface area contributed by atoms with Gasteiger partial charge in [0, 0.05) is 0 Å². The topological polar surface area (TPSA) is 59.0 Å². The normalized spacial score (nSPS) is 24.0. The Labute approximate surface area is 139 Å². The third kappa shape index (κ3) is 3.72. The molecule has 0 aromatic carbocycles. The number of carbonyl (C=O) groups is 1. The van der Waals surface area contributed by atoms with Crippen LogP contribution >= 0.6 is 0 Å². The molecule has 0 aromatic heterocycles. The highest BCUT2D eigenvalue weighted by Crippen LogP contribution is 2.44. The minimum Gasteiger partial charge on any atom is -0.446 e. The minimum atomic E-state index is -0.826. The van der Waals surface area contributed by atoms with Crippen LogP contribution in [0.5, 0.6) is 0 Å². The Morgan fingerprint density at radius 1 is 1.30 bits per heavy atom. The Morgan fingerprint density at radius 3 is 2.48 bits per heavy atom. The van der Waals surface area contributed by atoms with E-state index in [0.29, 0.717) is 12.2 Å². The molecule has 0 bridgehead atoms. The van der Waals surface area contributed by atoms with Crippen LogP contribution < -0.4 is 0 Å². The highest BCUT2D eigenvalue weighted by molar-refractivity contribution is 5.70. The molecule has 5 nitrogen and oxygen atoms in total. The number of nitrogens with zero attached hydrogens (tertiary/aromatic N) is 1. The molecule has 1 amide bonds.